The van der Waals surface area contributed by atoms with E-state index in [4.69, 9.17) is 4.74 Å². The smallest absolute Gasteiger partial charge is 0.325 e. The monoisotopic (exact) mass is 326 g/mol. The molecule has 0 atom stereocenters. The molecule has 0 aromatic carbocycles. The maximum absolute atomic E-state index is 12.2. The Balaban J connectivity index is 2.83. The number of hydrogen-bond acceptors (Lipinski definition) is 4. The molecular weight excluding hydrogens is 312 g/mol. The highest BCUT2D eigenvalue weighted by atomic mass is 79.9. The molecule has 0 radical (unpaired) electrons. The van der Waals surface area contributed by atoms with E-state index in [1.807, 2.05) is 0 Å². The van der Waals surface area contributed by atoms with Gasteiger partial charge in [-0.15, -0.1) is 6.58 Å². The van der Waals surface area contributed by atoms with Crippen LogP contribution in [0.15, 0.2) is 35.6 Å². The minimum Gasteiger partial charge on any atom is -0.465 e. The lowest BCUT2D eigenvalue weighted by Crippen LogP contribution is -2.36. The number of halogens is 1. The Labute approximate surface area is 120 Å². The van der Waals surface area contributed by atoms with Crippen LogP contribution in [0.5, 0.6) is 0 Å². The van der Waals surface area contributed by atoms with Crippen LogP contribution in [0.2, 0.25) is 0 Å². The van der Waals surface area contributed by atoms with Crippen LogP contribution in [0.3, 0.4) is 0 Å². The Bertz CT molecular complexity index is 477. The third kappa shape index (κ3) is 4.82. The zero-order valence-electron chi connectivity index (χ0n) is 10.6. The zero-order valence-corrected chi connectivity index (χ0v) is 12.2. The third-order valence-corrected chi connectivity index (χ3v) is 2.67. The molecular formula is C13H15BrN2O3. The third-order valence-electron chi connectivity index (χ3n) is 2.24. The van der Waals surface area contributed by atoms with Gasteiger partial charge in [-0.25, -0.2) is 4.98 Å². The summed E-state index contributed by atoms with van der Waals surface area (Å²) in [5.41, 5.74) is 0.452. The van der Waals surface area contributed by atoms with Gasteiger partial charge in [0.1, 0.15) is 11.1 Å². The van der Waals surface area contributed by atoms with E-state index in [2.05, 4.69) is 27.5 Å². The Morgan fingerprint density at radius 3 is 2.89 bits per heavy atom. The molecule has 0 aliphatic carbocycles. The zero-order chi connectivity index (χ0) is 14.3. The van der Waals surface area contributed by atoms with Crippen LogP contribution < -0.4 is 0 Å². The number of carbonyl (C=O) groups is 2. The van der Waals surface area contributed by atoms with Crippen LogP contribution in [0, 0.1) is 0 Å². The van der Waals surface area contributed by atoms with Crippen molar-refractivity contribution in [3.63, 3.8) is 0 Å². The maximum Gasteiger partial charge on any atom is 0.325 e. The summed E-state index contributed by atoms with van der Waals surface area (Å²) in [6, 6.07) is 3.19. The summed E-state index contributed by atoms with van der Waals surface area (Å²) in [6.45, 7) is 5.76. The number of carbonyl (C=O) groups excluding carboxylic acids is 2. The van der Waals surface area contributed by atoms with Gasteiger partial charge in [-0.2, -0.15) is 0 Å². The van der Waals surface area contributed by atoms with Crippen molar-refractivity contribution < 1.29 is 14.3 Å². The van der Waals surface area contributed by atoms with Gasteiger partial charge in [0, 0.05) is 18.3 Å². The fourth-order valence-electron chi connectivity index (χ4n) is 1.46. The molecule has 19 heavy (non-hydrogen) atoms. The fourth-order valence-corrected chi connectivity index (χ4v) is 1.82. The Morgan fingerprint density at radius 1 is 1.58 bits per heavy atom. The van der Waals surface area contributed by atoms with Crippen LogP contribution >= 0.6 is 15.9 Å². The average molecular weight is 327 g/mol. The van der Waals surface area contributed by atoms with Gasteiger partial charge in [0.2, 0.25) is 0 Å². The van der Waals surface area contributed by atoms with Crippen molar-refractivity contribution in [2.24, 2.45) is 0 Å². The Morgan fingerprint density at radius 2 is 2.32 bits per heavy atom. The van der Waals surface area contributed by atoms with Gasteiger partial charge in [0.25, 0.3) is 5.91 Å². The average Bonchev–Trinajstić information content (AvgIpc) is 2.37. The van der Waals surface area contributed by atoms with E-state index in [1.165, 1.54) is 11.1 Å². The summed E-state index contributed by atoms with van der Waals surface area (Å²) in [5.74, 6) is -0.707. The van der Waals surface area contributed by atoms with Crippen LogP contribution in [0.4, 0.5) is 0 Å². The molecule has 1 amide bonds. The lowest BCUT2D eigenvalue weighted by molar-refractivity contribution is -0.143. The highest BCUT2D eigenvalue weighted by Gasteiger charge is 2.18. The van der Waals surface area contributed by atoms with Gasteiger partial charge in [-0.05, 0) is 35.0 Å². The lowest BCUT2D eigenvalue weighted by atomic mass is 10.2. The van der Waals surface area contributed by atoms with Crippen molar-refractivity contribution in [1.29, 1.82) is 0 Å². The van der Waals surface area contributed by atoms with Crippen molar-refractivity contribution in [2.75, 3.05) is 19.7 Å². The maximum atomic E-state index is 12.2. The molecule has 5 nitrogen and oxygen atoms in total. The summed E-state index contributed by atoms with van der Waals surface area (Å²) in [4.78, 5) is 29.0. The first-order valence-corrected chi connectivity index (χ1v) is 6.55. The molecule has 0 aliphatic heterocycles. The second-order valence-corrected chi connectivity index (χ2v) is 4.46. The first-order chi connectivity index (χ1) is 9.08. The van der Waals surface area contributed by atoms with Crippen molar-refractivity contribution >= 4 is 27.8 Å². The van der Waals surface area contributed by atoms with E-state index in [-0.39, 0.29) is 25.6 Å². The highest BCUT2D eigenvalue weighted by molar-refractivity contribution is 9.10. The first kappa shape index (κ1) is 15.4. The Hall–Kier alpha value is -1.69. The van der Waals surface area contributed by atoms with Gasteiger partial charge in [-0.1, -0.05) is 6.08 Å². The van der Waals surface area contributed by atoms with E-state index in [1.54, 1.807) is 25.1 Å². The molecule has 6 heteroatoms. The van der Waals surface area contributed by atoms with Crippen LogP contribution in [0.25, 0.3) is 0 Å². The van der Waals surface area contributed by atoms with E-state index in [0.717, 1.165) is 0 Å². The molecule has 0 bridgehead atoms. The van der Waals surface area contributed by atoms with E-state index in [0.29, 0.717) is 10.2 Å². The normalized spacial score (nSPS) is 9.79. The minimum atomic E-state index is -0.439. The van der Waals surface area contributed by atoms with Crippen LogP contribution in [0.1, 0.15) is 17.3 Å². The fraction of sp³-hybridized carbons (Fsp3) is 0.308. The van der Waals surface area contributed by atoms with Gasteiger partial charge in [0.05, 0.1) is 6.61 Å². The molecule has 1 heterocycles. The molecule has 0 aliphatic rings. The van der Waals surface area contributed by atoms with Crippen molar-refractivity contribution in [3.8, 4) is 0 Å². The summed E-state index contributed by atoms with van der Waals surface area (Å²) in [5, 5.41) is 0. The molecule has 0 unspecified atom stereocenters. The van der Waals surface area contributed by atoms with Crippen molar-refractivity contribution in [3.05, 3.63) is 41.2 Å². The molecule has 1 rings (SSSR count). The Kier molecular flexibility index (Phi) is 6.21. The molecule has 0 fully saturated rings. The molecule has 0 N–H and O–H groups in total. The molecule has 0 saturated carbocycles. The summed E-state index contributed by atoms with van der Waals surface area (Å²) < 4.78 is 5.40. The number of hydrogen-bond donors (Lipinski definition) is 0. The van der Waals surface area contributed by atoms with Crippen LogP contribution in [-0.2, 0) is 9.53 Å². The van der Waals surface area contributed by atoms with Gasteiger partial charge in [0.15, 0.2) is 0 Å². The van der Waals surface area contributed by atoms with Crippen LogP contribution in [-0.4, -0.2) is 41.5 Å². The number of pyridine rings is 1. The predicted octanol–water partition coefficient (Wildman–Crippen LogP) is 2.04. The van der Waals surface area contributed by atoms with Crippen molar-refractivity contribution in [2.45, 2.75) is 6.92 Å². The topological polar surface area (TPSA) is 59.5 Å². The molecule has 1 aromatic rings. The number of nitrogens with zero attached hydrogens (tertiary/aromatic N) is 2. The summed E-state index contributed by atoms with van der Waals surface area (Å²) >= 11 is 3.20. The standard InChI is InChI=1S/C13H15BrN2O3/c1-3-7-16(9-12(17)19-4-2)13(18)10-5-6-15-11(14)8-10/h3,5-6,8H,1,4,7,9H2,2H3. The number of amides is 1. The SMILES string of the molecule is C=CCN(CC(=O)OCC)C(=O)c1ccnc(Br)c1. The molecule has 102 valence electrons. The van der Waals surface area contributed by atoms with E-state index in [9.17, 15) is 9.59 Å². The number of rotatable bonds is 6. The highest BCUT2D eigenvalue weighted by Crippen LogP contribution is 2.11. The van der Waals surface area contributed by atoms with Gasteiger partial charge in [-0.3, -0.25) is 9.59 Å². The van der Waals surface area contributed by atoms with Crippen molar-refractivity contribution in [1.82, 2.24) is 9.88 Å². The molecule has 0 spiro atoms. The predicted molar refractivity (Wildman–Crippen MR) is 74.7 cm³/mol. The molecule has 0 saturated heterocycles. The van der Waals surface area contributed by atoms with E-state index >= 15 is 0 Å². The number of ether oxygens (including phenoxy) is 1. The second kappa shape index (κ2) is 7.68. The number of aromatic nitrogens is 1. The van der Waals surface area contributed by atoms with E-state index < -0.39 is 5.97 Å². The molecule has 1 aromatic heterocycles. The van der Waals surface area contributed by atoms with Gasteiger partial charge >= 0.3 is 5.97 Å². The largest absolute Gasteiger partial charge is 0.465 e. The quantitative estimate of drug-likeness (QED) is 0.456. The summed E-state index contributed by atoms with van der Waals surface area (Å²) in [6.07, 6.45) is 3.08. The number of esters is 1. The minimum absolute atomic E-state index is 0.0986. The summed E-state index contributed by atoms with van der Waals surface area (Å²) in [7, 11) is 0. The first-order valence-electron chi connectivity index (χ1n) is 5.75. The van der Waals surface area contributed by atoms with Gasteiger partial charge < -0.3 is 9.64 Å². The lowest BCUT2D eigenvalue weighted by Gasteiger charge is -2.20. The second-order valence-electron chi connectivity index (χ2n) is 3.65.